The van der Waals surface area contributed by atoms with Gasteiger partial charge in [-0.15, -0.1) is 0 Å². The van der Waals surface area contributed by atoms with E-state index in [0.717, 1.165) is 0 Å². The van der Waals surface area contributed by atoms with Gasteiger partial charge in [0.2, 0.25) is 5.91 Å². The van der Waals surface area contributed by atoms with Gasteiger partial charge >= 0.3 is 11.9 Å². The molecule has 4 aromatic rings. The van der Waals surface area contributed by atoms with Crippen molar-refractivity contribution >= 4 is 57.5 Å². The van der Waals surface area contributed by atoms with Gasteiger partial charge in [-0.1, -0.05) is 61.8 Å². The Bertz CT molecular complexity index is 1960. The summed E-state index contributed by atoms with van der Waals surface area (Å²) in [4.78, 5) is 54.4. The number of hydrogen-bond acceptors (Lipinski definition) is 9. The minimum absolute atomic E-state index is 0.0447. The normalized spacial score (nSPS) is 15.8. The molecule has 4 aromatic carbocycles. The highest BCUT2D eigenvalue weighted by Crippen LogP contribution is 2.45. The van der Waals surface area contributed by atoms with E-state index in [0.29, 0.717) is 55.4 Å². The molecule has 0 radical (unpaired) electrons. The van der Waals surface area contributed by atoms with Gasteiger partial charge in [0.05, 0.1) is 39.4 Å². The Morgan fingerprint density at radius 3 is 2.35 bits per heavy atom. The van der Waals surface area contributed by atoms with Gasteiger partial charge in [0.25, 0.3) is 5.91 Å². The zero-order valence-corrected chi connectivity index (χ0v) is 30.2. The first-order chi connectivity index (χ1) is 24.4. The second-order valence-electron chi connectivity index (χ2n) is 12.8. The van der Waals surface area contributed by atoms with Crippen LogP contribution in [0.5, 0.6) is 11.5 Å². The predicted octanol–water partition coefficient (Wildman–Crippen LogP) is 7.13. The number of esters is 2. The maximum atomic E-state index is 14.6. The van der Waals surface area contributed by atoms with Crippen molar-refractivity contribution in [1.82, 2.24) is 0 Å². The molecule has 0 bridgehead atoms. The van der Waals surface area contributed by atoms with Crippen LogP contribution in [0.3, 0.4) is 0 Å². The van der Waals surface area contributed by atoms with Crippen molar-refractivity contribution in [3.63, 3.8) is 0 Å². The van der Waals surface area contributed by atoms with Gasteiger partial charge in [0.15, 0.2) is 11.5 Å². The van der Waals surface area contributed by atoms with Gasteiger partial charge in [0.1, 0.15) is 12.2 Å². The number of ether oxygens (including phenoxy) is 5. The number of amides is 2. The van der Waals surface area contributed by atoms with Crippen molar-refractivity contribution in [3.8, 4) is 11.5 Å². The number of nitrogens with zero attached hydrogens (tertiary/aromatic N) is 1. The molecule has 2 amide bonds. The molecule has 12 heteroatoms. The Hall–Kier alpha value is -5.13. The van der Waals surface area contributed by atoms with E-state index in [1.165, 1.54) is 21.1 Å². The van der Waals surface area contributed by atoms with Crippen LogP contribution in [0.1, 0.15) is 61.7 Å². The minimum Gasteiger partial charge on any atom is -0.493 e. The first kappa shape index (κ1) is 37.1. The largest absolute Gasteiger partial charge is 0.493 e. The van der Waals surface area contributed by atoms with Crippen LogP contribution in [0.25, 0.3) is 10.8 Å². The highest BCUT2D eigenvalue weighted by atomic mass is 35.5. The first-order valence-corrected chi connectivity index (χ1v) is 16.8. The Kier molecular flexibility index (Phi) is 11.5. The summed E-state index contributed by atoms with van der Waals surface area (Å²) in [6.07, 6.45) is -2.57. The molecule has 51 heavy (non-hydrogen) atoms. The smallest absolute Gasteiger partial charge is 0.338 e. The summed E-state index contributed by atoms with van der Waals surface area (Å²) in [5, 5.41) is 4.57. The molecular weight excluding hydrogens is 676 g/mol. The summed E-state index contributed by atoms with van der Waals surface area (Å²) >= 11 is 6.56. The molecule has 0 fully saturated rings. The molecule has 2 atom stereocenters. The molecule has 0 spiro atoms. The quantitative estimate of drug-likeness (QED) is 0.152. The molecule has 1 N–H and O–H groups in total. The lowest BCUT2D eigenvalue weighted by Gasteiger charge is -2.33. The van der Waals surface area contributed by atoms with E-state index >= 15 is 0 Å². The molecular formula is C39H41ClN2O9. The molecule has 0 saturated carbocycles. The Balaban J connectivity index is 1.57. The van der Waals surface area contributed by atoms with Crippen molar-refractivity contribution in [2.45, 2.75) is 46.3 Å². The number of hydrogen-bond donors (Lipinski definition) is 1. The van der Waals surface area contributed by atoms with Gasteiger partial charge < -0.3 is 33.9 Å². The predicted molar refractivity (Wildman–Crippen MR) is 194 cm³/mol. The van der Waals surface area contributed by atoms with Crippen LogP contribution in [0.4, 0.5) is 11.4 Å². The van der Waals surface area contributed by atoms with Crippen LogP contribution in [-0.2, 0) is 28.6 Å². The molecule has 0 saturated heterocycles. The van der Waals surface area contributed by atoms with Crippen molar-refractivity contribution in [2.75, 3.05) is 44.2 Å². The third kappa shape index (κ3) is 8.27. The third-order valence-electron chi connectivity index (χ3n) is 8.44. The Morgan fingerprint density at radius 2 is 1.65 bits per heavy atom. The molecule has 1 heterocycles. The van der Waals surface area contributed by atoms with E-state index in [1.807, 2.05) is 13.8 Å². The number of anilines is 2. The van der Waals surface area contributed by atoms with E-state index < -0.39 is 41.4 Å². The SMILES string of the molecule is CCOC(=O)c1cccc2c(NC(=O)C[C@H]3O[C@H](c4cccc(OC)c4OC)c4cc(Cl)ccc4N(CC(C)(C)COC(C)=O)C3=O)cccc12. The van der Waals surface area contributed by atoms with E-state index in [4.69, 9.17) is 35.3 Å². The standard InChI is InChI=1S/C39H41ClN2O9/c1-7-49-38(46)27-13-8-12-26-25(27)11-9-15-30(26)41-34(44)20-33-37(45)42(21-39(3,4)22-50-23(2)43)31-18-17-24(40)19-29(31)35(51-33)28-14-10-16-32(47-5)36(28)48-6/h8-19,33,35H,7,20-22H2,1-6H3,(H,41,44)/t33-,35-/m1/s1. The van der Waals surface area contributed by atoms with Gasteiger partial charge in [-0.2, -0.15) is 0 Å². The topological polar surface area (TPSA) is 130 Å². The number of carbonyl (C=O) groups excluding carboxylic acids is 4. The lowest BCUT2D eigenvalue weighted by Crippen LogP contribution is -2.46. The number of benzene rings is 4. The Morgan fingerprint density at radius 1 is 0.922 bits per heavy atom. The summed E-state index contributed by atoms with van der Waals surface area (Å²) in [6, 6.07) is 20.9. The van der Waals surface area contributed by atoms with Crippen LogP contribution in [-0.4, -0.2) is 63.8 Å². The van der Waals surface area contributed by atoms with Crippen molar-refractivity contribution in [2.24, 2.45) is 5.41 Å². The molecule has 1 aliphatic rings. The van der Waals surface area contributed by atoms with Gasteiger partial charge in [-0.25, -0.2) is 4.79 Å². The fraction of sp³-hybridized carbons (Fsp3) is 0.333. The molecule has 11 nitrogen and oxygen atoms in total. The van der Waals surface area contributed by atoms with Crippen LogP contribution >= 0.6 is 11.6 Å². The first-order valence-electron chi connectivity index (χ1n) is 16.5. The number of fused-ring (bicyclic) bond motifs is 2. The second-order valence-corrected chi connectivity index (χ2v) is 13.3. The number of methoxy groups -OCH3 is 2. The Labute approximate surface area is 301 Å². The highest BCUT2D eigenvalue weighted by molar-refractivity contribution is 6.30. The van der Waals surface area contributed by atoms with Gasteiger partial charge in [-0.3, -0.25) is 14.4 Å². The monoisotopic (exact) mass is 716 g/mol. The van der Waals surface area contributed by atoms with Crippen LogP contribution in [0.2, 0.25) is 5.02 Å². The molecule has 5 rings (SSSR count). The highest BCUT2D eigenvalue weighted by Gasteiger charge is 2.41. The van der Waals surface area contributed by atoms with Gasteiger partial charge in [-0.05, 0) is 48.7 Å². The third-order valence-corrected chi connectivity index (χ3v) is 8.67. The number of halogens is 1. The van der Waals surface area contributed by atoms with E-state index in [9.17, 15) is 19.2 Å². The van der Waals surface area contributed by atoms with Crippen LogP contribution in [0, 0.1) is 5.41 Å². The lowest BCUT2D eigenvalue weighted by atomic mass is 9.92. The minimum atomic E-state index is -1.29. The zero-order chi connectivity index (χ0) is 36.9. The summed E-state index contributed by atoms with van der Waals surface area (Å²) in [7, 11) is 3.03. The van der Waals surface area contributed by atoms with Crippen molar-refractivity contribution in [1.29, 1.82) is 0 Å². The van der Waals surface area contributed by atoms with Crippen LogP contribution in [0.15, 0.2) is 72.8 Å². The number of para-hydroxylation sites is 1. The molecule has 0 aromatic heterocycles. The fourth-order valence-electron chi connectivity index (χ4n) is 6.17. The number of rotatable bonds is 12. The average Bonchev–Trinajstić information content (AvgIpc) is 3.20. The number of carbonyl (C=O) groups is 4. The lowest BCUT2D eigenvalue weighted by molar-refractivity contribution is -0.144. The van der Waals surface area contributed by atoms with E-state index in [2.05, 4.69) is 5.32 Å². The molecule has 268 valence electrons. The average molecular weight is 717 g/mol. The fourth-order valence-corrected chi connectivity index (χ4v) is 6.35. The van der Waals surface area contributed by atoms with Crippen molar-refractivity contribution in [3.05, 3.63) is 94.5 Å². The van der Waals surface area contributed by atoms with Gasteiger partial charge in [0, 0.05) is 51.8 Å². The summed E-state index contributed by atoms with van der Waals surface area (Å²) in [6.45, 7) is 7.19. The van der Waals surface area contributed by atoms with Crippen molar-refractivity contribution < 1.29 is 42.9 Å². The maximum Gasteiger partial charge on any atom is 0.338 e. The molecule has 0 aliphatic carbocycles. The summed E-state index contributed by atoms with van der Waals surface area (Å²) < 4.78 is 28.6. The number of nitrogens with one attached hydrogen (secondary N) is 1. The molecule has 1 aliphatic heterocycles. The molecule has 0 unspecified atom stereocenters. The summed E-state index contributed by atoms with van der Waals surface area (Å²) in [5.41, 5.74) is 1.75. The van der Waals surface area contributed by atoms with Crippen LogP contribution < -0.4 is 19.7 Å². The maximum absolute atomic E-state index is 14.6. The van der Waals surface area contributed by atoms with E-state index in [-0.39, 0.29) is 26.2 Å². The summed E-state index contributed by atoms with van der Waals surface area (Å²) in [5.74, 6) is -1.05. The zero-order valence-electron chi connectivity index (χ0n) is 29.4. The second kappa shape index (κ2) is 15.8. The van der Waals surface area contributed by atoms with E-state index in [1.54, 1.807) is 84.6 Å².